The number of carboxylic acids is 1. The van der Waals surface area contributed by atoms with Gasteiger partial charge in [-0.2, -0.15) is 10.4 Å². The number of esters is 1. The van der Waals surface area contributed by atoms with Crippen molar-refractivity contribution in [1.29, 1.82) is 5.26 Å². The zero-order valence-corrected chi connectivity index (χ0v) is 23.2. The summed E-state index contributed by atoms with van der Waals surface area (Å²) in [4.78, 5) is 24.4. The number of rotatable bonds is 6. The molecule has 1 aliphatic rings. The quantitative estimate of drug-likeness (QED) is 0.265. The largest absolute Gasteiger partial charge is 0.478 e. The second-order valence-electron chi connectivity index (χ2n) is 9.34. The van der Waals surface area contributed by atoms with Gasteiger partial charge in [-0.1, -0.05) is 22.0 Å². The summed E-state index contributed by atoms with van der Waals surface area (Å²) >= 11 is 3.40. The number of furan rings is 1. The molecule has 5 rings (SSSR count). The number of carbonyl (C=O) groups is 2. The second-order valence-corrected chi connectivity index (χ2v) is 10.3. The highest BCUT2D eigenvalue weighted by molar-refractivity contribution is 9.10. The van der Waals surface area contributed by atoms with Gasteiger partial charge in [-0.25, -0.2) is 14.3 Å². The molecule has 0 aliphatic carbocycles. The molecule has 0 saturated heterocycles. The van der Waals surface area contributed by atoms with Crippen LogP contribution in [0, 0.1) is 18.3 Å². The summed E-state index contributed by atoms with van der Waals surface area (Å²) in [5.74, 6) is -1.46. The van der Waals surface area contributed by atoms with Crippen molar-refractivity contribution in [2.75, 3.05) is 0 Å². The van der Waals surface area contributed by atoms with Crippen molar-refractivity contribution in [3.8, 4) is 29.0 Å². The molecule has 2 aromatic carbocycles. The number of benzene rings is 2. The van der Waals surface area contributed by atoms with Crippen molar-refractivity contribution < 1.29 is 28.6 Å². The molecule has 2 aromatic heterocycles. The van der Waals surface area contributed by atoms with Crippen molar-refractivity contribution >= 4 is 27.9 Å². The maximum Gasteiger partial charge on any atom is 0.339 e. The fraction of sp³-hybridized carbons (Fsp3) is 0.172. The van der Waals surface area contributed by atoms with Crippen LogP contribution in [0.5, 0.6) is 5.88 Å². The Morgan fingerprint density at radius 3 is 2.67 bits per heavy atom. The van der Waals surface area contributed by atoms with E-state index < -0.39 is 17.9 Å². The third-order valence-electron chi connectivity index (χ3n) is 6.29. The number of carboxylic acid groups (broad SMARTS) is 1. The van der Waals surface area contributed by atoms with Crippen LogP contribution < -0.4 is 10.5 Å². The summed E-state index contributed by atoms with van der Waals surface area (Å²) in [7, 11) is 0. The first-order valence-electron chi connectivity index (χ1n) is 12.2. The highest BCUT2D eigenvalue weighted by Crippen LogP contribution is 2.46. The molecule has 0 radical (unpaired) electrons. The minimum Gasteiger partial charge on any atom is -0.478 e. The maximum absolute atomic E-state index is 12.8. The Labute approximate surface area is 237 Å². The first kappa shape index (κ1) is 26.8. The summed E-state index contributed by atoms with van der Waals surface area (Å²) in [6.07, 6.45) is -0.311. The van der Waals surface area contributed by atoms with Crippen LogP contribution in [0.15, 0.2) is 74.9 Å². The van der Waals surface area contributed by atoms with E-state index in [4.69, 9.17) is 19.6 Å². The van der Waals surface area contributed by atoms with E-state index in [1.165, 1.54) is 16.8 Å². The summed E-state index contributed by atoms with van der Waals surface area (Å²) in [5.41, 5.74) is 8.76. The van der Waals surface area contributed by atoms with Gasteiger partial charge in [-0.05, 0) is 69.3 Å². The number of hydrogen-bond donors (Lipinski definition) is 2. The van der Waals surface area contributed by atoms with Crippen molar-refractivity contribution in [1.82, 2.24) is 9.78 Å². The first-order valence-corrected chi connectivity index (χ1v) is 13.0. The van der Waals surface area contributed by atoms with Crippen molar-refractivity contribution in [3.05, 3.63) is 98.7 Å². The van der Waals surface area contributed by atoms with Gasteiger partial charge >= 0.3 is 11.9 Å². The van der Waals surface area contributed by atoms with Crippen LogP contribution in [0.3, 0.4) is 0 Å². The lowest BCUT2D eigenvalue weighted by Crippen LogP contribution is -2.22. The number of allylic oxidation sites excluding steroid dienone is 1. The van der Waals surface area contributed by atoms with Crippen LogP contribution in [0.25, 0.3) is 17.0 Å². The monoisotopic (exact) mass is 602 g/mol. The van der Waals surface area contributed by atoms with Gasteiger partial charge in [-0.15, -0.1) is 0 Å². The predicted molar refractivity (Wildman–Crippen MR) is 147 cm³/mol. The van der Waals surface area contributed by atoms with Crippen molar-refractivity contribution in [3.63, 3.8) is 0 Å². The van der Waals surface area contributed by atoms with E-state index in [2.05, 4.69) is 27.1 Å². The minimum atomic E-state index is -1.09. The van der Waals surface area contributed by atoms with Crippen molar-refractivity contribution in [2.45, 2.75) is 32.8 Å². The molecule has 11 heteroatoms. The zero-order chi connectivity index (χ0) is 28.7. The molecule has 1 unspecified atom stereocenters. The average molecular weight is 603 g/mol. The van der Waals surface area contributed by atoms with Crippen LogP contribution >= 0.6 is 15.9 Å². The molecular weight excluding hydrogens is 580 g/mol. The number of fused-ring (bicyclic) bond motifs is 1. The Hall–Kier alpha value is -4.82. The average Bonchev–Trinajstić information content (AvgIpc) is 3.52. The molecular formula is C29H23BrN4O6. The van der Waals surface area contributed by atoms with Gasteiger partial charge in [0.15, 0.2) is 0 Å². The molecule has 0 spiro atoms. The van der Waals surface area contributed by atoms with E-state index >= 15 is 0 Å². The minimum absolute atomic E-state index is 0.0740. The lowest BCUT2D eigenvalue weighted by molar-refractivity contribution is 0.0378. The highest BCUT2D eigenvalue weighted by atomic mass is 79.9. The molecule has 0 saturated carbocycles. The van der Waals surface area contributed by atoms with Crippen LogP contribution in [-0.2, 0) is 4.74 Å². The van der Waals surface area contributed by atoms with Gasteiger partial charge in [0.2, 0.25) is 11.8 Å². The summed E-state index contributed by atoms with van der Waals surface area (Å²) < 4.78 is 19.7. The zero-order valence-electron chi connectivity index (χ0n) is 21.6. The molecule has 1 aliphatic heterocycles. The smallest absolute Gasteiger partial charge is 0.339 e. The Kier molecular flexibility index (Phi) is 6.95. The fourth-order valence-electron chi connectivity index (χ4n) is 4.57. The van der Waals surface area contributed by atoms with Gasteiger partial charge in [0.1, 0.15) is 23.2 Å². The van der Waals surface area contributed by atoms with Gasteiger partial charge in [0.25, 0.3) is 0 Å². The van der Waals surface area contributed by atoms with Crippen molar-refractivity contribution in [2.24, 2.45) is 5.73 Å². The van der Waals surface area contributed by atoms with Crippen LogP contribution in [-0.4, -0.2) is 32.9 Å². The number of hydrogen-bond acceptors (Lipinski definition) is 8. The number of aromatic nitrogens is 2. The van der Waals surface area contributed by atoms with Gasteiger partial charge in [0.05, 0.1) is 40.1 Å². The van der Waals surface area contributed by atoms with Crippen LogP contribution in [0.2, 0.25) is 0 Å². The Balaban J connectivity index is 1.63. The molecule has 0 amide bonds. The van der Waals surface area contributed by atoms with E-state index in [9.17, 15) is 20.0 Å². The summed E-state index contributed by atoms with van der Waals surface area (Å²) in [5, 5.41) is 24.0. The molecule has 1 atom stereocenters. The highest BCUT2D eigenvalue weighted by Gasteiger charge is 2.38. The number of halogens is 1. The predicted octanol–water partition coefficient (Wildman–Crippen LogP) is 5.68. The number of carbonyl (C=O) groups excluding carboxylic acids is 1. The summed E-state index contributed by atoms with van der Waals surface area (Å²) in [6.45, 7) is 5.29. The van der Waals surface area contributed by atoms with E-state index in [0.29, 0.717) is 44.1 Å². The van der Waals surface area contributed by atoms with Gasteiger partial charge in [0, 0.05) is 10.0 Å². The molecule has 4 aromatic rings. The van der Waals surface area contributed by atoms with Gasteiger partial charge in [-0.3, -0.25) is 0 Å². The number of aromatic carboxylic acids is 1. The first-order chi connectivity index (χ1) is 19.1. The second kappa shape index (κ2) is 10.4. The lowest BCUT2D eigenvalue weighted by Gasteiger charge is -2.23. The lowest BCUT2D eigenvalue weighted by atomic mass is 9.88. The molecule has 0 bridgehead atoms. The molecule has 40 heavy (non-hydrogen) atoms. The Morgan fingerprint density at radius 2 is 1.98 bits per heavy atom. The number of aryl methyl sites for hydroxylation is 1. The summed E-state index contributed by atoms with van der Waals surface area (Å²) in [6, 6.07) is 17.0. The number of nitrogens with two attached hydrogens (primary N) is 1. The molecule has 0 fully saturated rings. The SMILES string of the molecule is Cc1nn(-c2cccc(C(=O)O)c2)c2c1C(c1ccc(-c3ccc(Br)cc3C(=O)OC(C)C)o1)C(C#N)=C(N)O2. The number of nitrogens with zero attached hydrogens (tertiary/aromatic N) is 3. The fourth-order valence-corrected chi connectivity index (χ4v) is 4.94. The third kappa shape index (κ3) is 4.74. The maximum atomic E-state index is 12.8. The Bertz CT molecular complexity index is 1740. The van der Waals surface area contributed by atoms with E-state index in [1.54, 1.807) is 63.2 Å². The Morgan fingerprint density at radius 1 is 1.20 bits per heavy atom. The number of nitriles is 1. The molecule has 10 nitrogen and oxygen atoms in total. The van der Waals surface area contributed by atoms with E-state index in [-0.39, 0.29) is 29.0 Å². The normalized spacial score (nSPS) is 14.4. The topological polar surface area (TPSA) is 154 Å². The molecule has 202 valence electrons. The number of ether oxygens (including phenoxy) is 2. The van der Waals surface area contributed by atoms with Crippen LogP contribution in [0.1, 0.15) is 57.5 Å². The third-order valence-corrected chi connectivity index (χ3v) is 6.78. The molecule has 3 N–H and O–H groups in total. The van der Waals surface area contributed by atoms with Gasteiger partial charge < -0.3 is 24.7 Å². The standard InChI is InChI=1S/C29H23BrN4O6/c1-14(2)38-29(37)20-12-17(30)7-8-19(20)22-9-10-23(39-22)25-21(13-31)26(32)40-27-24(25)15(3)33-34(27)18-6-4-5-16(11-18)28(35)36/h4-12,14,25H,32H2,1-3H3,(H,35,36). The molecule has 3 heterocycles. The van der Waals surface area contributed by atoms with E-state index in [1.807, 2.05) is 0 Å². The van der Waals surface area contributed by atoms with Crippen LogP contribution in [0.4, 0.5) is 0 Å². The van der Waals surface area contributed by atoms with E-state index in [0.717, 1.165) is 0 Å².